The van der Waals surface area contributed by atoms with Gasteiger partial charge >= 0.3 is 0 Å². The van der Waals surface area contributed by atoms with Crippen LogP contribution in [0.1, 0.15) is 86.6 Å². The van der Waals surface area contributed by atoms with E-state index >= 15 is 0 Å². The van der Waals surface area contributed by atoms with Gasteiger partial charge in [0, 0.05) is 22.7 Å². The number of Topliss-reactive ketones (excluding diaryl/α,β-unsaturated/α-hetero) is 1. The van der Waals surface area contributed by atoms with Gasteiger partial charge in [0.25, 0.3) is 0 Å². The number of nitrogens with zero attached hydrogens (tertiary/aromatic N) is 1. The molecule has 134 valence electrons. The van der Waals surface area contributed by atoms with Crippen molar-refractivity contribution in [3.8, 4) is 5.88 Å². The van der Waals surface area contributed by atoms with Gasteiger partial charge in [-0.15, -0.1) is 0 Å². The van der Waals surface area contributed by atoms with Crippen LogP contribution in [0.5, 0.6) is 5.88 Å². The van der Waals surface area contributed by atoms with Crippen molar-refractivity contribution < 1.29 is 9.53 Å². The summed E-state index contributed by atoms with van der Waals surface area (Å²) >= 11 is 0. The summed E-state index contributed by atoms with van der Waals surface area (Å²) in [4.78, 5) is 16.3. The zero-order valence-corrected chi connectivity index (χ0v) is 15.3. The fraction of sp³-hybridized carbons (Fsp3) is 0.727. The Bertz CT molecular complexity index is 679. The Hall–Kier alpha value is -1.38. The zero-order chi connectivity index (χ0) is 17.0. The molecule has 0 amide bonds. The second-order valence-electron chi connectivity index (χ2n) is 9.49. The Morgan fingerprint density at radius 3 is 2.56 bits per heavy atom. The normalized spacial score (nSPS) is 36.3. The molecule has 0 aliphatic heterocycles. The minimum absolute atomic E-state index is 0.0956. The lowest BCUT2D eigenvalue weighted by molar-refractivity contribution is 0.0258. The van der Waals surface area contributed by atoms with E-state index in [1.54, 1.807) is 13.1 Å². The van der Waals surface area contributed by atoms with Crippen LogP contribution in [0.15, 0.2) is 12.3 Å². The summed E-state index contributed by atoms with van der Waals surface area (Å²) < 4.78 is 6.39. The molecular formula is C22H29NO2. The fourth-order valence-electron chi connectivity index (χ4n) is 6.18. The second-order valence-corrected chi connectivity index (χ2v) is 9.49. The van der Waals surface area contributed by atoms with Gasteiger partial charge < -0.3 is 4.74 Å². The minimum Gasteiger partial charge on any atom is -0.477 e. The lowest BCUT2D eigenvalue weighted by atomic mass is 9.62. The van der Waals surface area contributed by atoms with E-state index in [0.29, 0.717) is 11.3 Å². The highest BCUT2D eigenvalue weighted by Gasteiger charge is 2.48. The summed E-state index contributed by atoms with van der Waals surface area (Å²) in [5, 5.41) is 0. The maximum atomic E-state index is 11.7. The maximum Gasteiger partial charge on any atom is 0.216 e. The molecule has 3 heteroatoms. The van der Waals surface area contributed by atoms with Crippen molar-refractivity contribution in [2.24, 2.45) is 23.2 Å². The molecule has 5 aliphatic rings. The minimum atomic E-state index is 0.0956. The SMILES string of the molecule is CC(=O)c1cnc(OCC23CCC4CC(CC(C4)C2)C3)c(C2CC2)c1. The number of ether oxygens (including phenoxy) is 1. The predicted octanol–water partition coefficient (Wildman–Crippen LogP) is 5.15. The van der Waals surface area contributed by atoms with Crippen LogP contribution in [0.3, 0.4) is 0 Å². The molecule has 5 aliphatic carbocycles. The number of carbonyl (C=O) groups excluding carboxylic acids is 1. The van der Waals surface area contributed by atoms with Gasteiger partial charge in [0.05, 0.1) is 6.61 Å². The molecule has 0 aromatic carbocycles. The molecule has 25 heavy (non-hydrogen) atoms. The van der Waals surface area contributed by atoms with E-state index in [-0.39, 0.29) is 5.78 Å². The molecule has 0 N–H and O–H groups in total. The lowest BCUT2D eigenvalue weighted by Gasteiger charge is -2.45. The Labute approximate surface area is 150 Å². The van der Waals surface area contributed by atoms with Crippen LogP contribution in [0.2, 0.25) is 0 Å². The van der Waals surface area contributed by atoms with Crippen LogP contribution in [-0.4, -0.2) is 17.4 Å². The van der Waals surface area contributed by atoms with Gasteiger partial charge in [-0.1, -0.05) is 0 Å². The summed E-state index contributed by atoms with van der Waals surface area (Å²) in [6, 6.07) is 2.04. The van der Waals surface area contributed by atoms with Gasteiger partial charge in [-0.05, 0) is 94.4 Å². The van der Waals surface area contributed by atoms with Crippen molar-refractivity contribution in [2.75, 3.05) is 6.61 Å². The number of ketones is 1. The molecule has 4 bridgehead atoms. The third-order valence-electron chi connectivity index (χ3n) is 7.34. The van der Waals surface area contributed by atoms with Crippen molar-refractivity contribution in [1.29, 1.82) is 0 Å². The number of aromatic nitrogens is 1. The first-order valence-corrected chi connectivity index (χ1v) is 10.2. The van der Waals surface area contributed by atoms with Crippen LogP contribution in [0.4, 0.5) is 0 Å². The molecule has 1 aromatic heterocycles. The van der Waals surface area contributed by atoms with E-state index in [0.717, 1.165) is 35.8 Å². The Morgan fingerprint density at radius 2 is 1.88 bits per heavy atom. The molecule has 5 saturated carbocycles. The predicted molar refractivity (Wildman–Crippen MR) is 96.9 cm³/mol. The van der Waals surface area contributed by atoms with Crippen LogP contribution in [-0.2, 0) is 0 Å². The lowest BCUT2D eigenvalue weighted by Crippen LogP contribution is -2.38. The highest BCUT2D eigenvalue weighted by atomic mass is 16.5. The van der Waals surface area contributed by atoms with Crippen LogP contribution in [0, 0.1) is 23.2 Å². The monoisotopic (exact) mass is 339 g/mol. The van der Waals surface area contributed by atoms with Crippen molar-refractivity contribution in [3.05, 3.63) is 23.4 Å². The fourth-order valence-corrected chi connectivity index (χ4v) is 6.18. The standard InChI is InChI=1S/C22H29NO2/c1-14(24)19-9-20(18-2-3-18)21(23-12-19)25-13-22-5-4-15-6-16(10-22)8-17(7-15)11-22/h9,12,15-18H,2-8,10-11,13H2,1H3. The van der Waals surface area contributed by atoms with Crippen molar-refractivity contribution >= 4 is 5.78 Å². The highest BCUT2D eigenvalue weighted by molar-refractivity contribution is 5.94. The molecule has 1 heterocycles. The molecule has 3 nitrogen and oxygen atoms in total. The Morgan fingerprint density at radius 1 is 1.16 bits per heavy atom. The first-order chi connectivity index (χ1) is 12.1. The Kier molecular flexibility index (Phi) is 3.69. The van der Waals surface area contributed by atoms with Gasteiger partial charge in [-0.3, -0.25) is 4.79 Å². The van der Waals surface area contributed by atoms with E-state index in [2.05, 4.69) is 4.98 Å². The largest absolute Gasteiger partial charge is 0.477 e. The van der Waals surface area contributed by atoms with Crippen molar-refractivity contribution in [2.45, 2.75) is 70.6 Å². The number of hydrogen-bond acceptors (Lipinski definition) is 3. The number of carbonyl (C=O) groups is 1. The third kappa shape index (κ3) is 3.00. The van der Waals surface area contributed by atoms with Gasteiger partial charge in [0.15, 0.2) is 5.78 Å². The van der Waals surface area contributed by atoms with Crippen molar-refractivity contribution in [3.63, 3.8) is 0 Å². The van der Waals surface area contributed by atoms with Gasteiger partial charge in [0.2, 0.25) is 5.88 Å². The van der Waals surface area contributed by atoms with Crippen LogP contribution < -0.4 is 4.74 Å². The van der Waals surface area contributed by atoms with E-state index in [9.17, 15) is 4.79 Å². The molecule has 1 aromatic rings. The van der Waals surface area contributed by atoms with Crippen molar-refractivity contribution in [1.82, 2.24) is 4.98 Å². The van der Waals surface area contributed by atoms with Crippen LogP contribution in [0.25, 0.3) is 0 Å². The zero-order valence-electron chi connectivity index (χ0n) is 15.3. The molecule has 0 radical (unpaired) electrons. The quantitative estimate of drug-likeness (QED) is 0.697. The highest BCUT2D eigenvalue weighted by Crippen LogP contribution is 2.57. The smallest absolute Gasteiger partial charge is 0.216 e. The van der Waals surface area contributed by atoms with E-state index < -0.39 is 0 Å². The first kappa shape index (κ1) is 15.8. The summed E-state index contributed by atoms with van der Waals surface area (Å²) in [5.74, 6) is 4.33. The summed E-state index contributed by atoms with van der Waals surface area (Å²) in [5.41, 5.74) is 2.29. The average molecular weight is 339 g/mol. The molecule has 2 atom stereocenters. The van der Waals surface area contributed by atoms with E-state index in [1.165, 1.54) is 63.4 Å². The first-order valence-electron chi connectivity index (χ1n) is 10.2. The molecule has 6 rings (SSSR count). The number of rotatable bonds is 5. The maximum absolute atomic E-state index is 11.7. The average Bonchev–Trinajstić information content (AvgIpc) is 3.43. The molecule has 0 saturated heterocycles. The topological polar surface area (TPSA) is 39.2 Å². The van der Waals surface area contributed by atoms with Gasteiger partial charge in [-0.25, -0.2) is 4.98 Å². The molecule has 2 unspecified atom stereocenters. The van der Waals surface area contributed by atoms with E-state index in [4.69, 9.17) is 4.74 Å². The second kappa shape index (κ2) is 5.82. The van der Waals surface area contributed by atoms with Gasteiger partial charge in [0.1, 0.15) is 0 Å². The van der Waals surface area contributed by atoms with Gasteiger partial charge in [-0.2, -0.15) is 0 Å². The summed E-state index contributed by atoms with van der Waals surface area (Å²) in [6.07, 6.45) is 14.0. The third-order valence-corrected chi connectivity index (χ3v) is 7.34. The molecule has 5 fully saturated rings. The number of pyridine rings is 1. The molecular weight excluding hydrogens is 310 g/mol. The summed E-state index contributed by atoms with van der Waals surface area (Å²) in [6.45, 7) is 2.45. The van der Waals surface area contributed by atoms with Crippen LogP contribution >= 0.6 is 0 Å². The molecule has 0 spiro atoms. The summed E-state index contributed by atoms with van der Waals surface area (Å²) in [7, 11) is 0. The number of hydrogen-bond donors (Lipinski definition) is 0. The Balaban J connectivity index is 1.36. The number of fused-ring (bicyclic) bond motifs is 1. The van der Waals surface area contributed by atoms with E-state index in [1.807, 2.05) is 6.07 Å².